The van der Waals surface area contributed by atoms with E-state index in [1.54, 1.807) is 7.11 Å². The number of carbonyl (C=O) groups is 1. The molecule has 2 N–H and O–H groups in total. The fourth-order valence-corrected chi connectivity index (χ4v) is 2.36. The van der Waals surface area contributed by atoms with Gasteiger partial charge in [-0.25, -0.2) is 4.79 Å². The molecular weight excluding hydrogens is 276 g/mol. The van der Waals surface area contributed by atoms with E-state index in [-0.39, 0.29) is 12.1 Å². The number of amides is 2. The van der Waals surface area contributed by atoms with Crippen LogP contribution in [-0.4, -0.2) is 13.1 Å². The summed E-state index contributed by atoms with van der Waals surface area (Å²) in [6.45, 7) is 2.11. The van der Waals surface area contributed by atoms with Crippen LogP contribution >= 0.6 is 0 Å². The molecule has 2 aromatic carbocycles. The number of anilines is 1. The average molecular weight is 298 g/mol. The number of methoxy groups -OCH3 is 1. The second kappa shape index (κ2) is 8.08. The van der Waals surface area contributed by atoms with E-state index in [9.17, 15) is 4.79 Å². The summed E-state index contributed by atoms with van der Waals surface area (Å²) in [5, 5.41) is 5.87. The van der Waals surface area contributed by atoms with Crippen molar-refractivity contribution in [3.63, 3.8) is 0 Å². The molecule has 2 aromatic rings. The molecule has 2 amide bonds. The molecular formula is C18H22N2O2. The zero-order valence-corrected chi connectivity index (χ0v) is 13.0. The summed E-state index contributed by atoms with van der Waals surface area (Å²) < 4.78 is 5.24. The summed E-state index contributed by atoms with van der Waals surface area (Å²) in [5.74, 6) is 0.643. The van der Waals surface area contributed by atoms with Crippen molar-refractivity contribution in [3.05, 3.63) is 60.2 Å². The van der Waals surface area contributed by atoms with Crippen LogP contribution in [0.1, 0.15) is 31.4 Å². The molecule has 0 fully saturated rings. The minimum atomic E-state index is -0.230. The van der Waals surface area contributed by atoms with Crippen molar-refractivity contribution < 1.29 is 9.53 Å². The molecule has 0 heterocycles. The Labute approximate surface area is 131 Å². The molecule has 0 saturated carbocycles. The van der Waals surface area contributed by atoms with Gasteiger partial charge in [-0.1, -0.05) is 55.8 Å². The van der Waals surface area contributed by atoms with Crippen LogP contribution in [0.25, 0.3) is 0 Å². The third kappa shape index (κ3) is 4.25. The fourth-order valence-electron chi connectivity index (χ4n) is 2.36. The maximum atomic E-state index is 12.3. The van der Waals surface area contributed by atoms with Gasteiger partial charge in [0.2, 0.25) is 0 Å². The number of carbonyl (C=O) groups excluding carboxylic acids is 1. The predicted octanol–water partition coefficient (Wildman–Crippen LogP) is 4.36. The van der Waals surface area contributed by atoms with Crippen molar-refractivity contribution in [2.75, 3.05) is 12.4 Å². The number of hydrogen-bond acceptors (Lipinski definition) is 2. The van der Waals surface area contributed by atoms with Gasteiger partial charge in [0.15, 0.2) is 0 Å². The van der Waals surface area contributed by atoms with Gasteiger partial charge in [0, 0.05) is 0 Å². The van der Waals surface area contributed by atoms with Crippen LogP contribution in [0.3, 0.4) is 0 Å². The van der Waals surface area contributed by atoms with Gasteiger partial charge in [-0.2, -0.15) is 0 Å². The van der Waals surface area contributed by atoms with Crippen molar-refractivity contribution in [2.24, 2.45) is 0 Å². The summed E-state index contributed by atoms with van der Waals surface area (Å²) in [4.78, 5) is 12.3. The summed E-state index contributed by atoms with van der Waals surface area (Å²) in [7, 11) is 1.59. The van der Waals surface area contributed by atoms with E-state index >= 15 is 0 Å². The third-order valence-corrected chi connectivity index (χ3v) is 3.44. The lowest BCUT2D eigenvalue weighted by Gasteiger charge is -2.19. The Morgan fingerprint density at radius 1 is 1.09 bits per heavy atom. The van der Waals surface area contributed by atoms with Gasteiger partial charge in [-0.15, -0.1) is 0 Å². The van der Waals surface area contributed by atoms with Crippen LogP contribution in [0.5, 0.6) is 5.75 Å². The SMILES string of the molecule is CCC[C@@H](NC(=O)Nc1ccccc1OC)c1ccccc1. The van der Waals surface area contributed by atoms with Crippen LogP contribution < -0.4 is 15.4 Å². The number of benzene rings is 2. The van der Waals surface area contributed by atoms with E-state index in [1.807, 2.05) is 54.6 Å². The van der Waals surface area contributed by atoms with Crippen LogP contribution in [0.2, 0.25) is 0 Å². The summed E-state index contributed by atoms with van der Waals surface area (Å²) in [6, 6.07) is 17.1. The van der Waals surface area contributed by atoms with Crippen molar-refractivity contribution in [1.29, 1.82) is 0 Å². The first kappa shape index (κ1) is 15.9. The molecule has 0 spiro atoms. The third-order valence-electron chi connectivity index (χ3n) is 3.44. The van der Waals surface area contributed by atoms with Gasteiger partial charge in [0.05, 0.1) is 18.8 Å². The Kier molecular flexibility index (Phi) is 5.83. The van der Waals surface area contributed by atoms with E-state index in [4.69, 9.17) is 4.74 Å². The number of urea groups is 1. The van der Waals surface area contributed by atoms with Crippen LogP contribution in [0.4, 0.5) is 10.5 Å². The Balaban J connectivity index is 2.05. The van der Waals surface area contributed by atoms with Crippen LogP contribution in [-0.2, 0) is 0 Å². The summed E-state index contributed by atoms with van der Waals surface area (Å²) in [5.41, 5.74) is 1.77. The van der Waals surface area contributed by atoms with E-state index in [2.05, 4.69) is 17.6 Å². The summed E-state index contributed by atoms with van der Waals surface area (Å²) >= 11 is 0. The van der Waals surface area contributed by atoms with Crippen molar-refractivity contribution >= 4 is 11.7 Å². The topological polar surface area (TPSA) is 50.4 Å². The average Bonchev–Trinajstić information content (AvgIpc) is 2.56. The lowest BCUT2D eigenvalue weighted by atomic mass is 10.0. The smallest absolute Gasteiger partial charge is 0.319 e. The normalized spacial score (nSPS) is 11.5. The molecule has 116 valence electrons. The molecule has 2 rings (SSSR count). The Morgan fingerprint density at radius 2 is 1.77 bits per heavy atom. The van der Waals surface area contributed by atoms with Crippen LogP contribution in [0, 0.1) is 0 Å². The Hall–Kier alpha value is -2.49. The lowest BCUT2D eigenvalue weighted by molar-refractivity contribution is 0.247. The molecule has 0 unspecified atom stereocenters. The van der Waals surface area contributed by atoms with Gasteiger partial charge in [-0.3, -0.25) is 0 Å². The Morgan fingerprint density at radius 3 is 2.45 bits per heavy atom. The van der Waals surface area contributed by atoms with E-state index in [1.165, 1.54) is 0 Å². The van der Waals surface area contributed by atoms with Crippen molar-refractivity contribution in [3.8, 4) is 5.75 Å². The first-order valence-electron chi connectivity index (χ1n) is 7.50. The number of rotatable bonds is 6. The highest BCUT2D eigenvalue weighted by molar-refractivity contribution is 5.91. The van der Waals surface area contributed by atoms with Gasteiger partial charge in [0.1, 0.15) is 5.75 Å². The molecule has 4 nitrogen and oxygen atoms in total. The fraction of sp³-hybridized carbons (Fsp3) is 0.278. The molecule has 0 aliphatic carbocycles. The summed E-state index contributed by atoms with van der Waals surface area (Å²) in [6.07, 6.45) is 1.89. The van der Waals surface area contributed by atoms with Gasteiger partial charge >= 0.3 is 6.03 Å². The number of nitrogens with one attached hydrogen (secondary N) is 2. The van der Waals surface area contributed by atoms with Crippen LogP contribution in [0.15, 0.2) is 54.6 Å². The zero-order chi connectivity index (χ0) is 15.8. The molecule has 1 atom stereocenters. The first-order valence-corrected chi connectivity index (χ1v) is 7.50. The maximum absolute atomic E-state index is 12.3. The number of ether oxygens (including phenoxy) is 1. The number of para-hydroxylation sites is 2. The molecule has 0 aliphatic rings. The van der Waals surface area contributed by atoms with Gasteiger partial charge in [0.25, 0.3) is 0 Å². The minimum Gasteiger partial charge on any atom is -0.495 e. The molecule has 0 saturated heterocycles. The molecule has 0 bridgehead atoms. The van der Waals surface area contributed by atoms with Gasteiger partial charge in [-0.05, 0) is 24.1 Å². The van der Waals surface area contributed by atoms with E-state index in [0.717, 1.165) is 18.4 Å². The first-order chi connectivity index (χ1) is 10.7. The molecule has 0 radical (unpaired) electrons. The highest BCUT2D eigenvalue weighted by Gasteiger charge is 2.14. The van der Waals surface area contributed by atoms with Gasteiger partial charge < -0.3 is 15.4 Å². The zero-order valence-electron chi connectivity index (χ0n) is 13.0. The van der Waals surface area contributed by atoms with Crippen molar-refractivity contribution in [1.82, 2.24) is 5.32 Å². The molecule has 4 heteroatoms. The minimum absolute atomic E-state index is 0.000840. The Bertz CT molecular complexity index is 599. The standard InChI is InChI=1S/C18H22N2O2/c1-3-9-15(14-10-5-4-6-11-14)19-18(21)20-16-12-7-8-13-17(16)22-2/h4-8,10-13,15H,3,9H2,1-2H3,(H2,19,20,21)/t15-/m1/s1. The van der Waals surface area contributed by atoms with Crippen molar-refractivity contribution in [2.45, 2.75) is 25.8 Å². The lowest BCUT2D eigenvalue weighted by Crippen LogP contribution is -2.32. The largest absolute Gasteiger partial charge is 0.495 e. The molecule has 0 aliphatic heterocycles. The predicted molar refractivity (Wildman–Crippen MR) is 89.2 cm³/mol. The quantitative estimate of drug-likeness (QED) is 0.832. The monoisotopic (exact) mass is 298 g/mol. The number of hydrogen-bond donors (Lipinski definition) is 2. The highest BCUT2D eigenvalue weighted by atomic mass is 16.5. The second-order valence-corrected chi connectivity index (χ2v) is 5.05. The molecule has 22 heavy (non-hydrogen) atoms. The highest BCUT2D eigenvalue weighted by Crippen LogP contribution is 2.23. The maximum Gasteiger partial charge on any atom is 0.319 e. The van der Waals surface area contributed by atoms with E-state index in [0.29, 0.717) is 11.4 Å². The van der Waals surface area contributed by atoms with E-state index < -0.39 is 0 Å². The molecule has 0 aromatic heterocycles. The second-order valence-electron chi connectivity index (χ2n) is 5.05.